The molecule has 2 unspecified atom stereocenters. The second-order valence-corrected chi connectivity index (χ2v) is 7.34. The van der Waals surface area contributed by atoms with E-state index in [0.717, 1.165) is 6.42 Å². The predicted octanol–water partition coefficient (Wildman–Crippen LogP) is 2.01. The van der Waals surface area contributed by atoms with Crippen molar-refractivity contribution in [2.75, 3.05) is 13.7 Å². The molecule has 23 heavy (non-hydrogen) atoms. The first kappa shape index (κ1) is 18.1. The van der Waals surface area contributed by atoms with Crippen LogP contribution in [0.15, 0.2) is 0 Å². The van der Waals surface area contributed by atoms with Crippen molar-refractivity contribution < 1.29 is 28.7 Å². The molecule has 0 aromatic carbocycles. The summed E-state index contributed by atoms with van der Waals surface area (Å²) >= 11 is 0. The third-order valence-electron chi connectivity index (χ3n) is 5.22. The molecule has 0 aromatic rings. The number of carboxylic acid groups (broad SMARTS) is 1. The quantitative estimate of drug-likeness (QED) is 0.628. The number of methoxy groups -OCH3 is 1. The molecule has 0 aromatic heterocycles. The Morgan fingerprint density at radius 2 is 1.83 bits per heavy atom. The number of carbonyl (C=O) groups excluding carboxylic acids is 1. The molecule has 0 aliphatic carbocycles. The average Bonchev–Trinajstić information content (AvgIpc) is 2.95. The molecular formula is C15H26BNO6. The van der Waals surface area contributed by atoms with Crippen LogP contribution in [-0.2, 0) is 18.8 Å². The molecule has 2 aliphatic heterocycles. The predicted molar refractivity (Wildman–Crippen MR) is 84.1 cm³/mol. The third kappa shape index (κ3) is 3.63. The fourth-order valence-electron chi connectivity index (χ4n) is 3.16. The number of ether oxygens (including phenoxy) is 1. The van der Waals surface area contributed by atoms with Gasteiger partial charge in [-0.1, -0.05) is 6.42 Å². The summed E-state index contributed by atoms with van der Waals surface area (Å²) in [6.45, 7) is 8.35. The Kier molecular flexibility index (Phi) is 4.96. The monoisotopic (exact) mass is 327 g/mol. The number of carbonyl (C=O) groups is 2. The number of rotatable bonds is 4. The number of hydrogen-bond donors (Lipinski definition) is 1. The standard InChI is InChI=1S/C15H26BNO6/c1-14(2)15(3,4)23-16(22-14)7-6-10-8-11(12(18)21-5)17(9-10)13(19)20/h10-11H,6-9H2,1-5H3,(H,19,20). The van der Waals surface area contributed by atoms with E-state index < -0.39 is 18.1 Å². The third-order valence-corrected chi connectivity index (χ3v) is 5.22. The SMILES string of the molecule is COC(=O)C1CC(CCB2OC(C)(C)C(C)(C)O2)CN1C(=O)O. The van der Waals surface area contributed by atoms with Crippen molar-refractivity contribution in [1.82, 2.24) is 4.90 Å². The molecule has 1 N–H and O–H groups in total. The first-order valence-electron chi connectivity index (χ1n) is 8.00. The highest BCUT2D eigenvalue weighted by molar-refractivity contribution is 6.45. The van der Waals surface area contributed by atoms with Crippen LogP contribution in [-0.4, -0.2) is 60.1 Å². The van der Waals surface area contributed by atoms with E-state index in [9.17, 15) is 14.7 Å². The van der Waals surface area contributed by atoms with Gasteiger partial charge in [0.15, 0.2) is 0 Å². The maximum Gasteiger partial charge on any atom is 0.457 e. The van der Waals surface area contributed by atoms with Crippen molar-refractivity contribution in [3.05, 3.63) is 0 Å². The van der Waals surface area contributed by atoms with Crippen LogP contribution in [0.5, 0.6) is 0 Å². The Morgan fingerprint density at radius 3 is 2.30 bits per heavy atom. The van der Waals surface area contributed by atoms with Crippen LogP contribution in [0.1, 0.15) is 40.5 Å². The molecule has 0 spiro atoms. The summed E-state index contributed by atoms with van der Waals surface area (Å²) in [4.78, 5) is 24.2. The van der Waals surface area contributed by atoms with Crippen LogP contribution < -0.4 is 0 Å². The summed E-state index contributed by atoms with van der Waals surface area (Å²) in [5, 5.41) is 9.23. The van der Waals surface area contributed by atoms with E-state index in [0.29, 0.717) is 19.3 Å². The van der Waals surface area contributed by atoms with E-state index in [-0.39, 0.29) is 24.2 Å². The van der Waals surface area contributed by atoms with Crippen LogP contribution in [0.4, 0.5) is 4.79 Å². The van der Waals surface area contributed by atoms with E-state index in [2.05, 4.69) is 0 Å². The number of nitrogens with zero attached hydrogens (tertiary/aromatic N) is 1. The summed E-state index contributed by atoms with van der Waals surface area (Å²) in [7, 11) is 0.982. The van der Waals surface area contributed by atoms with E-state index in [4.69, 9.17) is 14.0 Å². The molecule has 2 atom stereocenters. The van der Waals surface area contributed by atoms with Gasteiger partial charge in [-0.2, -0.15) is 0 Å². The number of hydrogen-bond acceptors (Lipinski definition) is 5. The first-order valence-corrected chi connectivity index (χ1v) is 8.00. The molecule has 2 saturated heterocycles. The number of esters is 1. The van der Waals surface area contributed by atoms with Crippen LogP contribution >= 0.6 is 0 Å². The zero-order chi connectivity index (χ0) is 17.4. The van der Waals surface area contributed by atoms with Crippen LogP contribution in [0.3, 0.4) is 0 Å². The van der Waals surface area contributed by atoms with Crippen LogP contribution in [0.2, 0.25) is 6.32 Å². The summed E-state index contributed by atoms with van der Waals surface area (Å²) in [5.74, 6) is -0.389. The maximum atomic E-state index is 11.7. The lowest BCUT2D eigenvalue weighted by Gasteiger charge is -2.32. The molecule has 2 fully saturated rings. The fraction of sp³-hybridized carbons (Fsp3) is 0.867. The summed E-state index contributed by atoms with van der Waals surface area (Å²) in [5.41, 5.74) is -0.732. The van der Waals surface area contributed by atoms with Gasteiger partial charge in [0.2, 0.25) is 0 Å². The van der Waals surface area contributed by atoms with Gasteiger partial charge in [0.05, 0.1) is 18.3 Å². The summed E-state index contributed by atoms with van der Waals surface area (Å²) < 4.78 is 16.6. The smallest absolute Gasteiger partial charge is 0.457 e. The molecule has 2 heterocycles. The van der Waals surface area contributed by atoms with Crippen molar-refractivity contribution in [3.8, 4) is 0 Å². The highest BCUT2D eigenvalue weighted by Crippen LogP contribution is 2.39. The van der Waals surface area contributed by atoms with Crippen molar-refractivity contribution in [3.63, 3.8) is 0 Å². The normalized spacial score (nSPS) is 28.9. The van der Waals surface area contributed by atoms with E-state index in [1.54, 1.807) is 0 Å². The lowest BCUT2D eigenvalue weighted by Crippen LogP contribution is -2.41. The number of amides is 1. The highest BCUT2D eigenvalue weighted by Gasteiger charge is 2.51. The average molecular weight is 327 g/mol. The largest absolute Gasteiger partial charge is 0.467 e. The summed E-state index contributed by atoms with van der Waals surface area (Å²) in [6, 6.07) is -0.708. The fourth-order valence-corrected chi connectivity index (χ4v) is 3.16. The minimum atomic E-state index is -1.08. The Labute approximate surface area is 137 Å². The Bertz CT molecular complexity index is 465. The van der Waals surface area contributed by atoms with Crippen LogP contribution in [0.25, 0.3) is 0 Å². The number of likely N-dealkylation sites (tertiary alicyclic amines) is 1. The van der Waals surface area contributed by atoms with Gasteiger partial charge in [-0.25, -0.2) is 9.59 Å². The lowest BCUT2D eigenvalue weighted by atomic mass is 9.79. The van der Waals surface area contributed by atoms with Gasteiger partial charge >= 0.3 is 19.2 Å². The Morgan fingerprint density at radius 1 is 1.26 bits per heavy atom. The highest BCUT2D eigenvalue weighted by atomic mass is 16.7. The van der Waals surface area contributed by atoms with Gasteiger partial charge in [-0.3, -0.25) is 4.90 Å². The van der Waals surface area contributed by atoms with Gasteiger partial charge in [-0.15, -0.1) is 0 Å². The molecule has 0 saturated carbocycles. The molecule has 0 bridgehead atoms. The minimum Gasteiger partial charge on any atom is -0.467 e. The zero-order valence-electron chi connectivity index (χ0n) is 14.5. The zero-order valence-corrected chi connectivity index (χ0v) is 14.5. The van der Waals surface area contributed by atoms with Crippen molar-refractivity contribution in [2.45, 2.75) is 64.1 Å². The molecular weight excluding hydrogens is 301 g/mol. The van der Waals surface area contributed by atoms with Crippen molar-refractivity contribution in [2.24, 2.45) is 5.92 Å². The van der Waals surface area contributed by atoms with Gasteiger partial charge < -0.3 is 19.2 Å². The van der Waals surface area contributed by atoms with E-state index >= 15 is 0 Å². The molecule has 8 heteroatoms. The van der Waals surface area contributed by atoms with Crippen molar-refractivity contribution in [1.29, 1.82) is 0 Å². The molecule has 2 rings (SSSR count). The second-order valence-electron chi connectivity index (χ2n) is 7.34. The summed E-state index contributed by atoms with van der Waals surface area (Å²) in [6.07, 6.45) is 0.824. The van der Waals surface area contributed by atoms with Gasteiger partial charge in [0, 0.05) is 6.54 Å². The molecule has 7 nitrogen and oxygen atoms in total. The Balaban J connectivity index is 1.90. The molecule has 1 amide bonds. The topological polar surface area (TPSA) is 85.3 Å². The van der Waals surface area contributed by atoms with Crippen molar-refractivity contribution >= 4 is 19.2 Å². The molecule has 130 valence electrons. The second kappa shape index (κ2) is 6.32. The van der Waals surface area contributed by atoms with Gasteiger partial charge in [0.1, 0.15) is 6.04 Å². The van der Waals surface area contributed by atoms with Crippen LogP contribution in [0, 0.1) is 5.92 Å². The maximum absolute atomic E-state index is 11.7. The molecule has 0 radical (unpaired) electrons. The first-order chi connectivity index (χ1) is 10.6. The Hall–Kier alpha value is -1.28. The van der Waals surface area contributed by atoms with Gasteiger partial charge in [-0.05, 0) is 46.4 Å². The van der Waals surface area contributed by atoms with E-state index in [1.807, 2.05) is 27.7 Å². The molecule has 2 aliphatic rings. The van der Waals surface area contributed by atoms with Gasteiger partial charge in [0.25, 0.3) is 0 Å². The minimum absolute atomic E-state index is 0.106. The lowest BCUT2D eigenvalue weighted by molar-refractivity contribution is -0.145. The van der Waals surface area contributed by atoms with E-state index in [1.165, 1.54) is 12.0 Å².